The number of aliphatic hydroxyl groups is 3. The van der Waals surface area contributed by atoms with Crippen LogP contribution in [0.15, 0.2) is 91.1 Å². The fourth-order valence-electron chi connectivity index (χ4n) is 10.7. The normalized spacial score (nSPS) is 20.2. The van der Waals surface area contributed by atoms with Gasteiger partial charge in [0.25, 0.3) is 0 Å². The van der Waals surface area contributed by atoms with Gasteiger partial charge < -0.3 is 77.4 Å². The largest absolute Gasteiger partial charge is 0.450 e. The van der Waals surface area contributed by atoms with E-state index in [0.717, 1.165) is 79.4 Å². The van der Waals surface area contributed by atoms with Gasteiger partial charge in [0.15, 0.2) is 0 Å². The third kappa shape index (κ3) is 28.0. The second-order valence-electron chi connectivity index (χ2n) is 25.1. The number of hydrogen-bond donors (Lipinski definition) is 12. The van der Waals surface area contributed by atoms with Crippen LogP contribution >= 0.6 is 21.6 Å². The van der Waals surface area contributed by atoms with Gasteiger partial charge in [0.05, 0.1) is 50.2 Å². The number of aliphatic hydroxyl groups excluding tert-OH is 3. The molecule has 1 saturated heterocycles. The maximum Gasteiger partial charge on any atom is 0.418 e. The third-order valence-corrected chi connectivity index (χ3v) is 19.4. The standard InChI is InChI=1S/C71H104N10O16S2/c1-7-10-13-26-37-95-68(92)72-36-25-24-34-53-66(90)80-71(6,48(5)84)67(91)78-59(65(89)76-57(44-82)47(4)83)46-99-98-45-58(77-62(86)55(41-50-31-20-17-21-32-50)79-69(93)96-38-27-14-11-8-2)64(88)74-54(40-49-29-18-16-19-30-49)61(85)75-56(63(87)73-53)42-51-43-81(60-35-23-22-33-52(51)60)70(94)97-39-28-15-12-9-3/h16-23,29-33,35,43,47-48,53-59,82-84H,7-15,24-28,34,36-42,44-46H2,1-6H3,(H,72,92)(H,73,87)(H,74,88)(H,75,85)(H,76,89)(H,77,86)(H,78,91)(H,79,93)(H,80,90)/t47-,48?,53+,54+,55-,56-,57-,58+,59+,71+/m1/s1. The van der Waals surface area contributed by atoms with Gasteiger partial charge in [-0.1, -0.05) is 179 Å². The van der Waals surface area contributed by atoms with Crippen molar-refractivity contribution in [2.75, 3.05) is 44.5 Å². The molecule has 9 amide bonds. The Morgan fingerprint density at radius 2 is 1.17 bits per heavy atom. The number of nitrogens with one attached hydrogen (secondary N) is 9. The summed E-state index contributed by atoms with van der Waals surface area (Å²) in [4.78, 5) is 145. The van der Waals surface area contributed by atoms with Crippen LogP contribution in [0.1, 0.15) is 155 Å². The lowest BCUT2D eigenvalue weighted by Gasteiger charge is -2.35. The molecule has 546 valence electrons. The second kappa shape index (κ2) is 44.3. The molecule has 12 N–H and O–H groups in total. The van der Waals surface area contributed by atoms with Gasteiger partial charge in [-0.3, -0.25) is 38.1 Å². The predicted octanol–water partition coefficient (Wildman–Crippen LogP) is 6.32. The van der Waals surface area contributed by atoms with Gasteiger partial charge >= 0.3 is 18.3 Å². The molecule has 26 nitrogen and oxygen atoms in total. The summed E-state index contributed by atoms with van der Waals surface area (Å²) in [5.74, 6) is -7.16. The molecule has 1 aliphatic rings. The number of nitrogens with zero attached hydrogens (tertiary/aromatic N) is 1. The molecule has 28 heteroatoms. The van der Waals surface area contributed by atoms with Crippen LogP contribution in [-0.2, 0) is 67.0 Å². The highest BCUT2D eigenvalue weighted by molar-refractivity contribution is 8.76. The van der Waals surface area contributed by atoms with Crippen molar-refractivity contribution in [2.24, 2.45) is 0 Å². The number of ether oxygens (including phenoxy) is 3. The molecule has 0 aliphatic carbocycles. The summed E-state index contributed by atoms with van der Waals surface area (Å²) < 4.78 is 17.8. The molecule has 1 unspecified atom stereocenters. The van der Waals surface area contributed by atoms with Gasteiger partial charge in [-0.25, -0.2) is 14.4 Å². The molecule has 0 saturated carbocycles. The molecule has 0 spiro atoms. The number of carbonyl (C=O) groups excluding carboxylic acids is 10. The van der Waals surface area contributed by atoms with Gasteiger partial charge in [0.2, 0.25) is 41.4 Å². The Balaban J connectivity index is 1.65. The zero-order chi connectivity index (χ0) is 72.1. The van der Waals surface area contributed by atoms with E-state index in [-0.39, 0.29) is 76.4 Å². The molecule has 10 atom stereocenters. The topological polar surface area (TPSA) is 372 Å². The quantitative estimate of drug-likeness (QED) is 0.0138. The fraction of sp³-hybridized carbons (Fsp3) is 0.577. The van der Waals surface area contributed by atoms with Crippen LogP contribution in [0, 0.1) is 0 Å². The van der Waals surface area contributed by atoms with Gasteiger partial charge in [0.1, 0.15) is 41.8 Å². The summed E-state index contributed by atoms with van der Waals surface area (Å²) in [6, 6.07) is 14.0. The Morgan fingerprint density at radius 3 is 1.78 bits per heavy atom. The first-order valence-corrected chi connectivity index (χ1v) is 37.1. The van der Waals surface area contributed by atoms with Crippen molar-refractivity contribution >= 4 is 92.1 Å². The van der Waals surface area contributed by atoms with Gasteiger partial charge in [-0.05, 0) is 82.1 Å². The van der Waals surface area contributed by atoms with E-state index < -0.39 is 126 Å². The van der Waals surface area contributed by atoms with Crippen LogP contribution in [0.25, 0.3) is 10.9 Å². The van der Waals surface area contributed by atoms with E-state index in [1.54, 1.807) is 84.9 Å². The number of benzene rings is 3. The molecule has 4 aromatic rings. The molecule has 1 aliphatic heterocycles. The van der Waals surface area contributed by atoms with E-state index in [4.69, 9.17) is 14.2 Å². The van der Waals surface area contributed by atoms with Crippen molar-refractivity contribution in [2.45, 2.75) is 217 Å². The highest BCUT2D eigenvalue weighted by atomic mass is 33.1. The van der Waals surface area contributed by atoms with Crippen molar-refractivity contribution < 1.29 is 77.5 Å². The van der Waals surface area contributed by atoms with E-state index in [1.807, 2.05) is 6.92 Å². The van der Waals surface area contributed by atoms with E-state index >= 15 is 19.2 Å². The zero-order valence-corrected chi connectivity index (χ0v) is 59.6. The van der Waals surface area contributed by atoms with Crippen LogP contribution < -0.4 is 47.9 Å². The minimum Gasteiger partial charge on any atom is -0.450 e. The van der Waals surface area contributed by atoms with E-state index in [2.05, 4.69) is 61.7 Å². The van der Waals surface area contributed by atoms with Crippen LogP contribution in [0.3, 0.4) is 0 Å². The van der Waals surface area contributed by atoms with Crippen LogP contribution in [-0.4, -0.2) is 184 Å². The Kier molecular flexibility index (Phi) is 36.6. The minimum atomic E-state index is -2.27. The molecular formula is C71H104N10O16S2. The first-order valence-electron chi connectivity index (χ1n) is 34.7. The molecule has 5 rings (SSSR count). The van der Waals surface area contributed by atoms with E-state index in [0.29, 0.717) is 46.9 Å². The molecule has 1 fully saturated rings. The highest BCUT2D eigenvalue weighted by Crippen LogP contribution is 2.26. The monoisotopic (exact) mass is 1420 g/mol. The number of carbonyl (C=O) groups is 10. The van der Waals surface area contributed by atoms with Crippen molar-refractivity contribution in [3.63, 3.8) is 0 Å². The van der Waals surface area contributed by atoms with Gasteiger partial charge in [-0.2, -0.15) is 0 Å². The van der Waals surface area contributed by atoms with Crippen molar-refractivity contribution in [3.05, 3.63) is 108 Å². The highest BCUT2D eigenvalue weighted by Gasteiger charge is 2.44. The molecule has 3 aromatic carbocycles. The molecule has 0 radical (unpaired) electrons. The Labute approximate surface area is 588 Å². The first kappa shape index (κ1) is 81.8. The summed E-state index contributed by atoms with van der Waals surface area (Å²) in [5, 5.41) is 57.0. The predicted molar refractivity (Wildman–Crippen MR) is 380 cm³/mol. The summed E-state index contributed by atoms with van der Waals surface area (Å²) in [6.07, 6.45) is 6.21. The van der Waals surface area contributed by atoms with Crippen LogP contribution in [0.4, 0.5) is 14.4 Å². The van der Waals surface area contributed by atoms with Crippen molar-refractivity contribution in [1.29, 1.82) is 0 Å². The Bertz CT molecular complexity index is 3200. The van der Waals surface area contributed by atoms with E-state index in [1.165, 1.54) is 31.5 Å². The minimum absolute atomic E-state index is 0.0490. The molecule has 1 aromatic heterocycles. The smallest absolute Gasteiger partial charge is 0.418 e. The average molecular weight is 1420 g/mol. The lowest BCUT2D eigenvalue weighted by molar-refractivity contribution is -0.141. The maximum absolute atomic E-state index is 15.5. The zero-order valence-electron chi connectivity index (χ0n) is 57.9. The summed E-state index contributed by atoms with van der Waals surface area (Å²) in [5.41, 5.74) is -0.266. The van der Waals surface area contributed by atoms with Gasteiger partial charge in [0, 0.05) is 48.9 Å². The lowest BCUT2D eigenvalue weighted by Crippen LogP contribution is -2.68. The molecule has 0 bridgehead atoms. The molecule has 99 heavy (non-hydrogen) atoms. The molecular weight excluding hydrogens is 1310 g/mol. The van der Waals surface area contributed by atoms with Crippen molar-refractivity contribution in [3.8, 4) is 0 Å². The SMILES string of the molecule is CCCCCCOC(=O)NCCCC[C@@H]1NC(=O)[C@@H](Cc2cn(C(=O)OCCCCCC)c3ccccc23)NC(=O)[C@H](Cc2ccccc2)NC(=O)[C@@H](NC(=O)[C@@H](Cc2ccccc2)NC(=O)OCCCCCC)CSSC[C@@H](C(=O)N[C@H](CO)[C@@H](C)O)NC(=O)[C@](C)(C(C)O)NC1=O. The number of para-hydroxylation sites is 1. The summed E-state index contributed by atoms with van der Waals surface area (Å²) >= 11 is 0. The number of hydrogen-bond acceptors (Lipinski definition) is 18. The van der Waals surface area contributed by atoms with Gasteiger partial charge in [-0.15, -0.1) is 0 Å². The number of unbranched alkanes of at least 4 members (excludes halogenated alkanes) is 10. The second-order valence-corrected chi connectivity index (χ2v) is 27.6. The summed E-state index contributed by atoms with van der Waals surface area (Å²) in [7, 11) is 1.92. The number of alkyl carbamates (subject to hydrolysis) is 2. The van der Waals surface area contributed by atoms with Crippen LogP contribution in [0.2, 0.25) is 0 Å². The summed E-state index contributed by atoms with van der Waals surface area (Å²) in [6.45, 7) is 9.76. The fourth-order valence-corrected chi connectivity index (χ4v) is 13.0. The first-order chi connectivity index (χ1) is 47.6. The number of amides is 9. The number of aromatic nitrogens is 1. The number of rotatable bonds is 34. The Hall–Kier alpha value is -7.92. The van der Waals surface area contributed by atoms with Crippen LogP contribution in [0.5, 0.6) is 0 Å². The average Bonchev–Trinajstić information content (AvgIpc) is 1.70. The van der Waals surface area contributed by atoms with Crippen molar-refractivity contribution in [1.82, 2.24) is 52.4 Å². The van der Waals surface area contributed by atoms with E-state index in [9.17, 15) is 44.1 Å². The molecule has 2 heterocycles. The third-order valence-electron chi connectivity index (χ3n) is 17.0. The maximum atomic E-state index is 15.5. The lowest BCUT2D eigenvalue weighted by atomic mass is 9.93. The Morgan fingerprint density at radius 1 is 0.616 bits per heavy atom. The number of fused-ring (bicyclic) bond motifs is 1.